The van der Waals surface area contributed by atoms with Crippen LogP contribution in [0.3, 0.4) is 0 Å². The SMILES string of the molecule is O=C(CN(c1cccc(C(F)(F)F)c1)S(=O)(=O)c1ccccc1)Nc1nnc(-c2ccc(Cl)cc2)s1. The molecule has 0 aliphatic carbocycles. The first-order valence-corrected chi connectivity index (χ1v) is 12.8. The van der Waals surface area contributed by atoms with E-state index in [1.165, 1.54) is 30.3 Å². The van der Waals surface area contributed by atoms with Gasteiger partial charge in [-0.2, -0.15) is 13.2 Å². The van der Waals surface area contributed by atoms with E-state index >= 15 is 0 Å². The number of hydrogen-bond donors (Lipinski definition) is 1. The lowest BCUT2D eigenvalue weighted by molar-refractivity contribution is -0.137. The summed E-state index contributed by atoms with van der Waals surface area (Å²) < 4.78 is 67.2. The summed E-state index contributed by atoms with van der Waals surface area (Å²) in [6.07, 6.45) is -4.70. The van der Waals surface area contributed by atoms with Gasteiger partial charge in [-0.3, -0.25) is 14.4 Å². The van der Waals surface area contributed by atoms with Crippen molar-refractivity contribution in [3.05, 3.63) is 89.4 Å². The predicted molar refractivity (Wildman–Crippen MR) is 131 cm³/mol. The number of nitrogens with one attached hydrogen (secondary N) is 1. The number of hydrogen-bond acceptors (Lipinski definition) is 6. The van der Waals surface area contributed by atoms with Crippen LogP contribution < -0.4 is 9.62 Å². The molecule has 7 nitrogen and oxygen atoms in total. The summed E-state index contributed by atoms with van der Waals surface area (Å²) in [7, 11) is -4.39. The molecule has 0 bridgehead atoms. The molecule has 0 saturated carbocycles. The number of rotatable bonds is 7. The number of aromatic nitrogens is 2. The van der Waals surface area contributed by atoms with E-state index in [2.05, 4.69) is 15.5 Å². The average Bonchev–Trinajstić information content (AvgIpc) is 3.31. The van der Waals surface area contributed by atoms with Gasteiger partial charge in [-0.25, -0.2) is 8.42 Å². The Hall–Kier alpha value is -3.48. The summed E-state index contributed by atoms with van der Waals surface area (Å²) in [5, 5.41) is 11.5. The molecule has 0 spiro atoms. The first kappa shape index (κ1) is 25.6. The zero-order chi connectivity index (χ0) is 25.9. The number of alkyl halides is 3. The predicted octanol–water partition coefficient (Wildman–Crippen LogP) is 5.71. The van der Waals surface area contributed by atoms with Crippen LogP contribution in [0.4, 0.5) is 24.0 Å². The fourth-order valence-corrected chi connectivity index (χ4v) is 5.47. The minimum Gasteiger partial charge on any atom is -0.299 e. The van der Waals surface area contributed by atoms with Crippen molar-refractivity contribution in [2.24, 2.45) is 0 Å². The topological polar surface area (TPSA) is 92.3 Å². The van der Waals surface area contributed by atoms with Crippen molar-refractivity contribution >= 4 is 49.7 Å². The largest absolute Gasteiger partial charge is 0.416 e. The number of halogens is 4. The lowest BCUT2D eigenvalue weighted by atomic mass is 10.2. The molecule has 4 aromatic rings. The molecule has 186 valence electrons. The van der Waals surface area contributed by atoms with Gasteiger partial charge < -0.3 is 0 Å². The number of sulfonamides is 1. The van der Waals surface area contributed by atoms with Crippen LogP contribution in [0.5, 0.6) is 0 Å². The average molecular weight is 553 g/mol. The van der Waals surface area contributed by atoms with Crippen LogP contribution in [0.1, 0.15) is 5.56 Å². The minimum atomic E-state index is -4.70. The van der Waals surface area contributed by atoms with Crippen molar-refractivity contribution in [1.82, 2.24) is 10.2 Å². The maximum Gasteiger partial charge on any atom is 0.416 e. The highest BCUT2D eigenvalue weighted by atomic mass is 35.5. The van der Waals surface area contributed by atoms with Crippen molar-refractivity contribution in [3.8, 4) is 10.6 Å². The van der Waals surface area contributed by atoms with Crippen LogP contribution in [0.2, 0.25) is 5.02 Å². The van der Waals surface area contributed by atoms with Gasteiger partial charge in [-0.15, -0.1) is 10.2 Å². The number of amides is 1. The Morgan fingerprint density at radius 3 is 2.33 bits per heavy atom. The zero-order valence-electron chi connectivity index (χ0n) is 18.1. The van der Waals surface area contributed by atoms with Crippen molar-refractivity contribution < 1.29 is 26.4 Å². The molecular weight excluding hydrogens is 537 g/mol. The first-order chi connectivity index (χ1) is 17.0. The van der Waals surface area contributed by atoms with E-state index in [4.69, 9.17) is 11.6 Å². The second-order valence-corrected chi connectivity index (χ2v) is 10.6. The molecule has 0 saturated heterocycles. The quantitative estimate of drug-likeness (QED) is 0.317. The van der Waals surface area contributed by atoms with Gasteiger partial charge >= 0.3 is 6.18 Å². The van der Waals surface area contributed by atoms with E-state index in [-0.39, 0.29) is 15.7 Å². The molecule has 4 rings (SSSR count). The second-order valence-electron chi connectivity index (χ2n) is 7.34. The number of carbonyl (C=O) groups is 1. The van der Waals surface area contributed by atoms with Crippen LogP contribution in [0.15, 0.2) is 83.8 Å². The molecule has 0 fully saturated rings. The third-order valence-electron chi connectivity index (χ3n) is 4.84. The number of benzene rings is 3. The fourth-order valence-electron chi connectivity index (χ4n) is 3.14. The van der Waals surface area contributed by atoms with Crippen molar-refractivity contribution in [3.63, 3.8) is 0 Å². The molecule has 3 aromatic carbocycles. The van der Waals surface area contributed by atoms with Crippen LogP contribution in [0, 0.1) is 0 Å². The number of anilines is 2. The van der Waals surface area contributed by atoms with E-state index in [1.54, 1.807) is 30.3 Å². The molecule has 1 N–H and O–H groups in total. The van der Waals surface area contributed by atoms with Gasteiger partial charge in [-0.1, -0.05) is 59.3 Å². The van der Waals surface area contributed by atoms with E-state index < -0.39 is 34.2 Å². The van der Waals surface area contributed by atoms with Crippen LogP contribution in [0.25, 0.3) is 10.6 Å². The highest BCUT2D eigenvalue weighted by Crippen LogP contribution is 2.33. The molecule has 13 heteroatoms. The Labute approximate surface area is 213 Å². The molecule has 0 unspecified atom stereocenters. The summed E-state index contributed by atoms with van der Waals surface area (Å²) in [4.78, 5) is 12.6. The van der Waals surface area contributed by atoms with Gasteiger partial charge in [0.1, 0.15) is 11.6 Å². The monoisotopic (exact) mass is 552 g/mol. The Kier molecular flexibility index (Phi) is 7.29. The third kappa shape index (κ3) is 5.83. The Morgan fingerprint density at radius 2 is 1.67 bits per heavy atom. The number of nitrogens with zero attached hydrogens (tertiary/aromatic N) is 3. The van der Waals surface area contributed by atoms with Crippen LogP contribution in [-0.2, 0) is 21.0 Å². The normalized spacial score (nSPS) is 11.8. The maximum atomic E-state index is 13.3. The Bertz CT molecular complexity index is 1480. The second kappa shape index (κ2) is 10.2. The van der Waals surface area contributed by atoms with Gasteiger partial charge in [0.05, 0.1) is 16.1 Å². The maximum absolute atomic E-state index is 13.3. The summed E-state index contributed by atoms with van der Waals surface area (Å²) in [5.41, 5.74) is -0.664. The fraction of sp³-hybridized carbons (Fsp3) is 0.0870. The Morgan fingerprint density at radius 1 is 0.972 bits per heavy atom. The van der Waals surface area contributed by atoms with E-state index in [9.17, 15) is 26.4 Å². The van der Waals surface area contributed by atoms with Crippen molar-refractivity contribution in [2.75, 3.05) is 16.2 Å². The van der Waals surface area contributed by atoms with Gasteiger partial charge in [0.2, 0.25) is 11.0 Å². The molecular formula is C23H16ClF3N4O3S2. The Balaban J connectivity index is 1.62. The smallest absolute Gasteiger partial charge is 0.299 e. The van der Waals surface area contributed by atoms with Gasteiger partial charge in [0.15, 0.2) is 0 Å². The standard InChI is InChI=1S/C23H16ClF3N4O3S2/c24-17-11-9-15(10-12-17)21-29-30-22(35-21)28-20(32)14-31(36(33,34)19-7-2-1-3-8-19)18-6-4-5-16(13-18)23(25,26)27/h1-13H,14H2,(H,28,30,32). The van der Waals surface area contributed by atoms with E-state index in [0.717, 1.165) is 23.5 Å². The zero-order valence-corrected chi connectivity index (χ0v) is 20.5. The van der Waals surface area contributed by atoms with Gasteiger partial charge in [0.25, 0.3) is 10.0 Å². The summed E-state index contributed by atoms with van der Waals surface area (Å²) >= 11 is 6.92. The highest BCUT2D eigenvalue weighted by Gasteiger charge is 2.33. The molecule has 0 aliphatic rings. The number of carbonyl (C=O) groups excluding carboxylic acids is 1. The molecule has 36 heavy (non-hydrogen) atoms. The molecule has 1 aromatic heterocycles. The first-order valence-electron chi connectivity index (χ1n) is 10.2. The summed E-state index contributed by atoms with van der Waals surface area (Å²) in [6.45, 7) is -0.797. The van der Waals surface area contributed by atoms with Crippen molar-refractivity contribution in [1.29, 1.82) is 0 Å². The van der Waals surface area contributed by atoms with Crippen LogP contribution in [-0.4, -0.2) is 31.1 Å². The van der Waals surface area contributed by atoms with Crippen LogP contribution >= 0.6 is 22.9 Å². The third-order valence-corrected chi connectivity index (χ3v) is 7.77. The van der Waals surface area contributed by atoms with Gasteiger partial charge in [0, 0.05) is 10.6 Å². The van der Waals surface area contributed by atoms with E-state index in [1.807, 2.05) is 0 Å². The lowest BCUT2D eigenvalue weighted by Crippen LogP contribution is -2.38. The molecule has 1 amide bonds. The van der Waals surface area contributed by atoms with Crippen molar-refractivity contribution in [2.45, 2.75) is 11.1 Å². The lowest BCUT2D eigenvalue weighted by Gasteiger charge is -2.24. The summed E-state index contributed by atoms with van der Waals surface area (Å²) in [6, 6.07) is 17.6. The molecule has 0 aliphatic heterocycles. The summed E-state index contributed by atoms with van der Waals surface area (Å²) in [5.74, 6) is -0.814. The molecule has 1 heterocycles. The molecule has 0 atom stereocenters. The molecule has 0 radical (unpaired) electrons. The minimum absolute atomic E-state index is 0.0889. The van der Waals surface area contributed by atoms with Gasteiger partial charge in [-0.05, 0) is 42.5 Å². The highest BCUT2D eigenvalue weighted by molar-refractivity contribution is 7.92. The van der Waals surface area contributed by atoms with E-state index in [0.29, 0.717) is 26.0 Å².